The Morgan fingerprint density at radius 3 is 2.88 bits per heavy atom. The molecule has 1 heterocycles. The summed E-state index contributed by atoms with van der Waals surface area (Å²) >= 11 is 9.60. The van der Waals surface area contributed by atoms with Crippen LogP contribution in [0.4, 0.5) is 5.69 Å². The summed E-state index contributed by atoms with van der Waals surface area (Å²) in [5.41, 5.74) is 2.53. The van der Waals surface area contributed by atoms with E-state index in [2.05, 4.69) is 52.9 Å². The molecule has 1 aromatic rings. The lowest BCUT2D eigenvalue weighted by Gasteiger charge is -2.40. The highest BCUT2D eigenvalue weighted by molar-refractivity contribution is 9.10. The van der Waals surface area contributed by atoms with Crippen LogP contribution in [-0.4, -0.2) is 12.6 Å². The van der Waals surface area contributed by atoms with E-state index in [0.717, 1.165) is 16.9 Å². The second-order valence-electron chi connectivity index (χ2n) is 4.96. The largest absolute Gasteiger partial charge is 0.368 e. The first-order valence-corrected chi connectivity index (χ1v) is 7.57. The van der Waals surface area contributed by atoms with Crippen LogP contribution in [0.2, 0.25) is 0 Å². The van der Waals surface area contributed by atoms with E-state index in [1.165, 1.54) is 24.1 Å². The van der Waals surface area contributed by atoms with Gasteiger partial charge < -0.3 is 4.90 Å². The van der Waals surface area contributed by atoms with Crippen molar-refractivity contribution in [3.05, 3.63) is 28.2 Å². The molecule has 2 atom stereocenters. The van der Waals surface area contributed by atoms with Gasteiger partial charge in [0.05, 0.1) is 0 Å². The minimum Gasteiger partial charge on any atom is -0.368 e. The minimum atomic E-state index is 0.584. The van der Waals surface area contributed by atoms with E-state index in [1.54, 1.807) is 0 Å². The van der Waals surface area contributed by atoms with Gasteiger partial charge in [-0.05, 0) is 43.4 Å². The molecule has 1 nitrogen and oxygen atoms in total. The molecule has 1 aliphatic rings. The van der Waals surface area contributed by atoms with Crippen LogP contribution >= 0.6 is 27.5 Å². The third kappa shape index (κ3) is 2.79. The van der Waals surface area contributed by atoms with Crippen molar-refractivity contribution in [2.45, 2.75) is 38.6 Å². The van der Waals surface area contributed by atoms with Crippen LogP contribution in [0.25, 0.3) is 0 Å². The van der Waals surface area contributed by atoms with E-state index >= 15 is 0 Å². The van der Waals surface area contributed by atoms with Crippen molar-refractivity contribution in [1.29, 1.82) is 0 Å². The first-order valence-electron chi connectivity index (χ1n) is 6.24. The number of hydrogen-bond acceptors (Lipinski definition) is 1. The summed E-state index contributed by atoms with van der Waals surface area (Å²) in [4.78, 5) is 2.51. The minimum absolute atomic E-state index is 0.584. The number of anilines is 1. The number of benzene rings is 1. The number of nitrogens with zero attached hydrogens (tertiary/aromatic N) is 1. The summed E-state index contributed by atoms with van der Waals surface area (Å²) in [5.74, 6) is 1.34. The lowest BCUT2D eigenvalue weighted by molar-refractivity contribution is 0.363. The standard InChI is InChI=1S/C14H19BrClN/c1-10-4-3-7-17(11(10)2)14-8-13(15)6-5-12(14)9-16/h5-6,8,10-11H,3-4,7,9H2,1-2H3. The maximum atomic E-state index is 6.05. The maximum absolute atomic E-state index is 6.05. The smallest absolute Gasteiger partial charge is 0.0494 e. The molecule has 1 aliphatic heterocycles. The molecule has 2 rings (SSSR count). The number of hydrogen-bond donors (Lipinski definition) is 0. The topological polar surface area (TPSA) is 3.24 Å². The van der Waals surface area contributed by atoms with Gasteiger partial charge in [0, 0.05) is 28.6 Å². The van der Waals surface area contributed by atoms with Crippen molar-refractivity contribution in [3.8, 4) is 0 Å². The van der Waals surface area contributed by atoms with Gasteiger partial charge in [-0.15, -0.1) is 11.6 Å². The molecule has 0 bridgehead atoms. The van der Waals surface area contributed by atoms with Gasteiger partial charge in [0.1, 0.15) is 0 Å². The van der Waals surface area contributed by atoms with Gasteiger partial charge in [0.15, 0.2) is 0 Å². The molecule has 0 saturated carbocycles. The summed E-state index contributed by atoms with van der Waals surface area (Å²) in [6, 6.07) is 6.99. The fourth-order valence-corrected chi connectivity index (χ4v) is 3.17. The zero-order valence-electron chi connectivity index (χ0n) is 10.4. The van der Waals surface area contributed by atoms with Crippen LogP contribution in [0.5, 0.6) is 0 Å². The van der Waals surface area contributed by atoms with Crippen LogP contribution in [0.15, 0.2) is 22.7 Å². The van der Waals surface area contributed by atoms with Crippen LogP contribution in [-0.2, 0) is 5.88 Å². The Morgan fingerprint density at radius 1 is 1.41 bits per heavy atom. The molecule has 0 aliphatic carbocycles. The van der Waals surface area contributed by atoms with Crippen LogP contribution in [0, 0.1) is 5.92 Å². The van der Waals surface area contributed by atoms with Gasteiger partial charge in [-0.25, -0.2) is 0 Å². The second-order valence-corrected chi connectivity index (χ2v) is 6.14. The van der Waals surface area contributed by atoms with Crippen molar-refractivity contribution >= 4 is 33.2 Å². The number of alkyl halides is 1. The molecule has 0 spiro atoms. The predicted molar refractivity (Wildman–Crippen MR) is 78.9 cm³/mol. The van der Waals surface area contributed by atoms with Gasteiger partial charge in [0.25, 0.3) is 0 Å². The highest BCUT2D eigenvalue weighted by Gasteiger charge is 2.26. The third-order valence-electron chi connectivity index (χ3n) is 3.87. The first kappa shape index (κ1) is 13.2. The van der Waals surface area contributed by atoms with E-state index < -0.39 is 0 Å². The highest BCUT2D eigenvalue weighted by Crippen LogP contribution is 2.33. The molecule has 3 heteroatoms. The van der Waals surface area contributed by atoms with Gasteiger partial charge >= 0.3 is 0 Å². The second kappa shape index (κ2) is 5.62. The summed E-state index contributed by atoms with van der Waals surface area (Å²) in [7, 11) is 0. The fraction of sp³-hybridized carbons (Fsp3) is 0.571. The molecule has 0 radical (unpaired) electrons. The van der Waals surface area contributed by atoms with Crippen LogP contribution in [0.3, 0.4) is 0 Å². The third-order valence-corrected chi connectivity index (χ3v) is 4.66. The van der Waals surface area contributed by atoms with Crippen molar-refractivity contribution in [3.63, 3.8) is 0 Å². The summed E-state index contributed by atoms with van der Waals surface area (Å²) in [6.07, 6.45) is 2.61. The van der Waals surface area contributed by atoms with Gasteiger partial charge in [-0.2, -0.15) is 0 Å². The van der Waals surface area contributed by atoms with Crippen molar-refractivity contribution < 1.29 is 0 Å². The molecule has 0 amide bonds. The molecular weight excluding hydrogens is 298 g/mol. The Bertz CT molecular complexity index is 394. The molecule has 17 heavy (non-hydrogen) atoms. The monoisotopic (exact) mass is 315 g/mol. The summed E-state index contributed by atoms with van der Waals surface area (Å²) in [6.45, 7) is 5.81. The molecule has 0 N–H and O–H groups in total. The van der Waals surface area contributed by atoms with E-state index in [9.17, 15) is 0 Å². The SMILES string of the molecule is CC1CCCN(c2cc(Br)ccc2CCl)C1C. The molecule has 2 unspecified atom stereocenters. The predicted octanol–water partition coefficient (Wildman–Crippen LogP) is 4.81. The number of piperidine rings is 1. The van der Waals surface area contributed by atoms with Crippen molar-refractivity contribution in [1.82, 2.24) is 0 Å². The average molecular weight is 317 g/mol. The Labute approximate surface area is 117 Å². The normalized spacial score (nSPS) is 25.1. The zero-order chi connectivity index (χ0) is 12.4. The molecule has 94 valence electrons. The van der Waals surface area contributed by atoms with Crippen molar-refractivity contribution in [2.24, 2.45) is 5.92 Å². The lowest BCUT2D eigenvalue weighted by Crippen LogP contribution is -2.42. The Hall–Kier alpha value is -0.210. The highest BCUT2D eigenvalue weighted by atomic mass is 79.9. The van der Waals surface area contributed by atoms with Gasteiger partial charge in [0.2, 0.25) is 0 Å². The van der Waals surface area contributed by atoms with E-state index in [1.807, 2.05) is 0 Å². The van der Waals surface area contributed by atoms with Crippen molar-refractivity contribution in [2.75, 3.05) is 11.4 Å². The number of rotatable bonds is 2. The zero-order valence-corrected chi connectivity index (χ0v) is 12.8. The van der Waals surface area contributed by atoms with E-state index in [4.69, 9.17) is 11.6 Å². The Balaban J connectivity index is 2.34. The molecular formula is C14H19BrClN. The average Bonchev–Trinajstić information content (AvgIpc) is 2.33. The van der Waals surface area contributed by atoms with Crippen LogP contribution < -0.4 is 4.90 Å². The Morgan fingerprint density at radius 2 is 2.18 bits per heavy atom. The first-order chi connectivity index (χ1) is 8.13. The summed E-state index contributed by atoms with van der Waals surface area (Å²) < 4.78 is 1.13. The van der Waals surface area contributed by atoms with Gasteiger partial charge in [-0.3, -0.25) is 0 Å². The fourth-order valence-electron chi connectivity index (χ4n) is 2.59. The summed E-state index contributed by atoms with van der Waals surface area (Å²) in [5, 5.41) is 0. The van der Waals surface area contributed by atoms with Crippen LogP contribution in [0.1, 0.15) is 32.3 Å². The maximum Gasteiger partial charge on any atom is 0.0494 e. The van der Waals surface area contributed by atoms with E-state index in [0.29, 0.717) is 11.9 Å². The van der Waals surface area contributed by atoms with Gasteiger partial charge in [-0.1, -0.05) is 28.9 Å². The quantitative estimate of drug-likeness (QED) is 0.708. The lowest BCUT2D eigenvalue weighted by atomic mass is 9.91. The van der Waals surface area contributed by atoms with E-state index in [-0.39, 0.29) is 0 Å². The Kier molecular flexibility index (Phi) is 4.37. The molecule has 1 aromatic carbocycles. The molecule has 1 fully saturated rings. The molecule has 0 aromatic heterocycles. The molecule has 1 saturated heterocycles. The number of halogens is 2.